The number of rotatable bonds is 5. The number of nitrogens with one attached hydrogen (secondary N) is 1. The lowest BCUT2D eigenvalue weighted by atomic mass is 9.95. The van der Waals surface area contributed by atoms with Crippen LogP contribution in [0.25, 0.3) is 0 Å². The fourth-order valence-corrected chi connectivity index (χ4v) is 4.38. The van der Waals surface area contributed by atoms with Gasteiger partial charge in [0.15, 0.2) is 5.96 Å². The maximum atomic E-state index is 6.03. The molecule has 0 amide bonds. The first-order valence-corrected chi connectivity index (χ1v) is 10.8. The van der Waals surface area contributed by atoms with Crippen molar-refractivity contribution >= 4 is 11.6 Å². The fourth-order valence-electron chi connectivity index (χ4n) is 4.38. The van der Waals surface area contributed by atoms with Gasteiger partial charge in [-0.1, -0.05) is 30.3 Å². The van der Waals surface area contributed by atoms with Gasteiger partial charge in [-0.3, -0.25) is 4.99 Å². The van der Waals surface area contributed by atoms with Crippen molar-refractivity contribution in [1.82, 2.24) is 10.2 Å². The normalized spacial score (nSPS) is 22.3. The molecule has 2 aliphatic heterocycles. The molecule has 0 aliphatic carbocycles. The molecule has 0 aromatic heterocycles. The zero-order chi connectivity index (χ0) is 20.8. The van der Waals surface area contributed by atoms with E-state index in [0.717, 1.165) is 57.5 Å². The Kier molecular flexibility index (Phi) is 6.74. The third-order valence-corrected chi connectivity index (χ3v) is 6.09. The summed E-state index contributed by atoms with van der Waals surface area (Å²) in [6, 6.07) is 18.9. The Morgan fingerprint density at radius 2 is 1.80 bits per heavy atom. The molecular formula is C24H32N4O2. The molecule has 6 nitrogen and oxygen atoms in total. The molecule has 6 heteroatoms. The zero-order valence-corrected chi connectivity index (χ0v) is 18.0. The van der Waals surface area contributed by atoms with E-state index in [1.54, 1.807) is 7.11 Å². The lowest BCUT2D eigenvalue weighted by Crippen LogP contribution is -2.53. The van der Waals surface area contributed by atoms with Crippen LogP contribution in [0.2, 0.25) is 0 Å². The molecule has 2 heterocycles. The van der Waals surface area contributed by atoms with Crippen LogP contribution >= 0.6 is 0 Å². The van der Waals surface area contributed by atoms with Crippen molar-refractivity contribution in [3.63, 3.8) is 0 Å². The van der Waals surface area contributed by atoms with E-state index in [1.807, 2.05) is 19.2 Å². The smallest absolute Gasteiger partial charge is 0.193 e. The number of benzene rings is 2. The Bertz CT molecular complexity index is 817. The maximum Gasteiger partial charge on any atom is 0.193 e. The van der Waals surface area contributed by atoms with Gasteiger partial charge in [0, 0.05) is 58.0 Å². The number of piperazine rings is 1. The van der Waals surface area contributed by atoms with Gasteiger partial charge in [-0.25, -0.2) is 0 Å². The molecule has 2 atom stereocenters. The van der Waals surface area contributed by atoms with Crippen LogP contribution in [0.5, 0.6) is 5.75 Å². The number of aliphatic imine (C=N–C) groups is 1. The number of hydrogen-bond donors (Lipinski definition) is 1. The second kappa shape index (κ2) is 9.85. The van der Waals surface area contributed by atoms with E-state index in [0.29, 0.717) is 5.92 Å². The molecule has 2 aliphatic rings. The van der Waals surface area contributed by atoms with Gasteiger partial charge in [-0.15, -0.1) is 0 Å². The molecule has 0 bridgehead atoms. The van der Waals surface area contributed by atoms with Gasteiger partial charge < -0.3 is 24.6 Å². The highest BCUT2D eigenvalue weighted by molar-refractivity contribution is 5.80. The number of guanidine groups is 1. The highest BCUT2D eigenvalue weighted by Crippen LogP contribution is 2.33. The van der Waals surface area contributed by atoms with Crippen LogP contribution in [0.3, 0.4) is 0 Å². The van der Waals surface area contributed by atoms with Gasteiger partial charge in [0.2, 0.25) is 0 Å². The van der Waals surface area contributed by atoms with E-state index in [2.05, 4.69) is 62.6 Å². The topological polar surface area (TPSA) is 49.3 Å². The summed E-state index contributed by atoms with van der Waals surface area (Å²) in [6.45, 7) is 5.57. The lowest BCUT2D eigenvalue weighted by molar-refractivity contribution is 0.0913. The molecule has 2 unspecified atom stereocenters. The standard InChI is InChI=1S/C24H32N4O2/c1-25-24(26-18-20-12-17-30-23(20)19-6-4-3-5-7-19)28-15-13-27(14-16-28)21-8-10-22(29-2)11-9-21/h3-11,20,23H,12-18H2,1-2H3,(H,25,26). The van der Waals surface area contributed by atoms with E-state index >= 15 is 0 Å². The molecular weight excluding hydrogens is 376 g/mol. The minimum atomic E-state index is 0.170. The van der Waals surface area contributed by atoms with Crippen LogP contribution in [-0.2, 0) is 4.74 Å². The van der Waals surface area contributed by atoms with Gasteiger partial charge in [0.25, 0.3) is 0 Å². The van der Waals surface area contributed by atoms with Crippen molar-refractivity contribution in [3.05, 3.63) is 60.2 Å². The summed E-state index contributed by atoms with van der Waals surface area (Å²) in [7, 11) is 3.57. The summed E-state index contributed by atoms with van der Waals surface area (Å²) in [5.41, 5.74) is 2.51. The first kappa shape index (κ1) is 20.5. The third kappa shape index (κ3) is 4.70. The molecule has 0 saturated carbocycles. The lowest BCUT2D eigenvalue weighted by Gasteiger charge is -2.38. The summed E-state index contributed by atoms with van der Waals surface area (Å²) in [4.78, 5) is 9.32. The molecule has 30 heavy (non-hydrogen) atoms. The summed E-state index contributed by atoms with van der Waals surface area (Å²) >= 11 is 0. The molecule has 0 spiro atoms. The van der Waals surface area contributed by atoms with Crippen LogP contribution in [-0.4, -0.2) is 64.3 Å². The Balaban J connectivity index is 1.29. The van der Waals surface area contributed by atoms with Gasteiger partial charge in [-0.2, -0.15) is 0 Å². The highest BCUT2D eigenvalue weighted by Gasteiger charge is 2.30. The van der Waals surface area contributed by atoms with E-state index in [-0.39, 0.29) is 6.10 Å². The van der Waals surface area contributed by atoms with Crippen molar-refractivity contribution in [2.45, 2.75) is 12.5 Å². The molecule has 2 fully saturated rings. The molecule has 0 radical (unpaired) electrons. The van der Waals surface area contributed by atoms with Crippen molar-refractivity contribution in [3.8, 4) is 5.75 Å². The number of anilines is 1. The maximum absolute atomic E-state index is 6.03. The van der Waals surface area contributed by atoms with E-state index in [4.69, 9.17) is 9.47 Å². The minimum absolute atomic E-state index is 0.170. The largest absolute Gasteiger partial charge is 0.497 e. The molecule has 2 aromatic carbocycles. The van der Waals surface area contributed by atoms with E-state index in [9.17, 15) is 0 Å². The average molecular weight is 409 g/mol. The number of hydrogen-bond acceptors (Lipinski definition) is 4. The first-order valence-electron chi connectivity index (χ1n) is 10.8. The quantitative estimate of drug-likeness (QED) is 0.608. The fraction of sp³-hybridized carbons (Fsp3) is 0.458. The summed E-state index contributed by atoms with van der Waals surface area (Å²) in [6.07, 6.45) is 1.25. The summed E-state index contributed by atoms with van der Waals surface area (Å²) < 4.78 is 11.3. The zero-order valence-electron chi connectivity index (χ0n) is 18.0. The van der Waals surface area contributed by atoms with Crippen LogP contribution in [0.15, 0.2) is 59.6 Å². The first-order chi connectivity index (χ1) is 14.8. The SMILES string of the molecule is CN=C(NCC1CCOC1c1ccccc1)N1CCN(c2ccc(OC)cc2)CC1. The second-order valence-electron chi connectivity index (χ2n) is 7.85. The number of nitrogens with zero attached hydrogens (tertiary/aromatic N) is 3. The average Bonchev–Trinajstić information content (AvgIpc) is 3.29. The van der Waals surface area contributed by atoms with Crippen molar-refractivity contribution in [1.29, 1.82) is 0 Å². The van der Waals surface area contributed by atoms with E-state index < -0.39 is 0 Å². The Hall–Kier alpha value is -2.73. The summed E-state index contributed by atoms with van der Waals surface area (Å²) in [5.74, 6) is 2.35. The van der Waals surface area contributed by atoms with Crippen LogP contribution in [0.4, 0.5) is 5.69 Å². The van der Waals surface area contributed by atoms with Gasteiger partial charge in [0.05, 0.1) is 13.2 Å². The Labute approximate surface area is 179 Å². The second-order valence-corrected chi connectivity index (χ2v) is 7.85. The Morgan fingerprint density at radius 1 is 1.07 bits per heavy atom. The minimum Gasteiger partial charge on any atom is -0.497 e. The van der Waals surface area contributed by atoms with Crippen LogP contribution < -0.4 is 15.0 Å². The van der Waals surface area contributed by atoms with Gasteiger partial charge in [-0.05, 0) is 36.2 Å². The monoisotopic (exact) mass is 408 g/mol. The molecule has 2 saturated heterocycles. The van der Waals surface area contributed by atoms with Gasteiger partial charge >= 0.3 is 0 Å². The van der Waals surface area contributed by atoms with Crippen molar-refractivity contribution in [2.75, 3.05) is 58.4 Å². The third-order valence-electron chi connectivity index (χ3n) is 6.09. The predicted molar refractivity (Wildman–Crippen MR) is 121 cm³/mol. The number of methoxy groups -OCH3 is 1. The van der Waals surface area contributed by atoms with Crippen LogP contribution in [0, 0.1) is 5.92 Å². The summed E-state index contributed by atoms with van der Waals surface area (Å²) in [5, 5.41) is 3.61. The van der Waals surface area contributed by atoms with Crippen LogP contribution in [0.1, 0.15) is 18.1 Å². The molecule has 4 rings (SSSR count). The van der Waals surface area contributed by atoms with E-state index in [1.165, 1.54) is 11.3 Å². The predicted octanol–water partition coefficient (Wildman–Crippen LogP) is 3.17. The molecule has 1 N–H and O–H groups in total. The van der Waals surface area contributed by atoms with Crippen molar-refractivity contribution < 1.29 is 9.47 Å². The van der Waals surface area contributed by atoms with Gasteiger partial charge in [0.1, 0.15) is 5.75 Å². The highest BCUT2D eigenvalue weighted by atomic mass is 16.5. The number of ether oxygens (including phenoxy) is 2. The molecule has 160 valence electrons. The van der Waals surface area contributed by atoms with Crippen molar-refractivity contribution in [2.24, 2.45) is 10.9 Å². The molecule has 2 aromatic rings. The Morgan fingerprint density at radius 3 is 2.47 bits per heavy atom.